The predicted octanol–water partition coefficient (Wildman–Crippen LogP) is 2.60. The summed E-state index contributed by atoms with van der Waals surface area (Å²) in [5.41, 5.74) is 2.16. The maximum Gasteiger partial charge on any atom is 0.0148 e. The summed E-state index contributed by atoms with van der Waals surface area (Å²) < 4.78 is 0. The smallest absolute Gasteiger partial charge is 0.0148 e. The Labute approximate surface area is 62.4 Å². The average molecular weight is 140 g/mol. The molecule has 0 heterocycles. The minimum Gasteiger partial charge on any atom is -0.175 e. The minimum absolute atomic E-state index is 0.713. The van der Waals surface area contributed by atoms with Crippen LogP contribution in [0.3, 0.4) is 0 Å². The van der Waals surface area contributed by atoms with Crippen LogP contribution in [0.5, 0.6) is 0 Å². The topological polar surface area (TPSA) is 0 Å². The third kappa shape index (κ3) is 4.10. The number of rotatable bonds is 3. The van der Waals surface area contributed by atoms with E-state index in [1.165, 1.54) is 0 Å². The Morgan fingerprint density at radius 2 is 2.22 bits per heavy atom. The standard InChI is InChI=1S/C8H12S/c1-4-7(2)5-8(3)6-9/h4-5,9H,1,3,6H2,2H3/b7-5-. The number of hydrogen-bond donors (Lipinski definition) is 1. The van der Waals surface area contributed by atoms with Crippen molar-refractivity contribution in [3.8, 4) is 0 Å². The molecule has 0 aromatic heterocycles. The van der Waals surface area contributed by atoms with Crippen molar-refractivity contribution >= 4 is 12.6 Å². The predicted molar refractivity (Wildman–Crippen MR) is 46.9 cm³/mol. The first kappa shape index (κ1) is 8.57. The van der Waals surface area contributed by atoms with Crippen LogP contribution in [0.25, 0.3) is 0 Å². The minimum atomic E-state index is 0.713. The van der Waals surface area contributed by atoms with Crippen LogP contribution in [-0.2, 0) is 0 Å². The van der Waals surface area contributed by atoms with E-state index in [0.29, 0.717) is 5.75 Å². The van der Waals surface area contributed by atoms with E-state index in [1.807, 2.05) is 13.0 Å². The van der Waals surface area contributed by atoms with Crippen LogP contribution in [0.4, 0.5) is 0 Å². The van der Waals surface area contributed by atoms with E-state index in [1.54, 1.807) is 6.08 Å². The molecular formula is C8H12S. The lowest BCUT2D eigenvalue weighted by Crippen LogP contribution is -1.76. The van der Waals surface area contributed by atoms with Gasteiger partial charge in [-0.3, -0.25) is 0 Å². The molecule has 0 aromatic carbocycles. The van der Waals surface area contributed by atoms with Gasteiger partial charge in [0.15, 0.2) is 0 Å². The lowest BCUT2D eigenvalue weighted by molar-refractivity contribution is 1.47. The molecule has 0 amide bonds. The maximum absolute atomic E-state index is 4.05. The van der Waals surface area contributed by atoms with Crippen molar-refractivity contribution in [2.75, 3.05) is 5.75 Å². The molecule has 0 saturated carbocycles. The Bertz CT molecular complexity index is 143. The van der Waals surface area contributed by atoms with Gasteiger partial charge in [0, 0.05) is 5.75 Å². The van der Waals surface area contributed by atoms with E-state index in [-0.39, 0.29) is 0 Å². The molecule has 0 aliphatic rings. The highest BCUT2D eigenvalue weighted by molar-refractivity contribution is 7.80. The van der Waals surface area contributed by atoms with Crippen LogP contribution >= 0.6 is 12.6 Å². The molecule has 0 saturated heterocycles. The number of thiol groups is 1. The largest absolute Gasteiger partial charge is 0.175 e. The summed E-state index contributed by atoms with van der Waals surface area (Å²) in [6.45, 7) is 9.36. The highest BCUT2D eigenvalue weighted by atomic mass is 32.1. The fourth-order valence-electron chi connectivity index (χ4n) is 0.427. The highest BCUT2D eigenvalue weighted by Crippen LogP contribution is 2.01. The third-order valence-electron chi connectivity index (χ3n) is 0.957. The van der Waals surface area contributed by atoms with Gasteiger partial charge in [0.05, 0.1) is 0 Å². The second-order valence-electron chi connectivity index (χ2n) is 1.91. The van der Waals surface area contributed by atoms with Crippen LogP contribution in [0, 0.1) is 0 Å². The second kappa shape index (κ2) is 4.45. The SMILES string of the molecule is C=C/C(C)=C\C(=C)CS. The first-order valence-electron chi connectivity index (χ1n) is 2.80. The molecule has 0 rings (SSSR count). The molecule has 0 aromatic rings. The molecule has 0 fully saturated rings. The maximum atomic E-state index is 4.05. The second-order valence-corrected chi connectivity index (χ2v) is 2.23. The zero-order valence-electron chi connectivity index (χ0n) is 5.72. The van der Waals surface area contributed by atoms with Gasteiger partial charge in [-0.25, -0.2) is 0 Å². The van der Waals surface area contributed by atoms with Gasteiger partial charge in [0.25, 0.3) is 0 Å². The molecule has 0 aliphatic heterocycles. The molecule has 50 valence electrons. The fraction of sp³-hybridized carbons (Fsp3) is 0.250. The monoisotopic (exact) mass is 140 g/mol. The van der Waals surface area contributed by atoms with Gasteiger partial charge < -0.3 is 0 Å². The Morgan fingerprint density at radius 3 is 2.56 bits per heavy atom. The van der Waals surface area contributed by atoms with Crippen LogP contribution in [0.15, 0.2) is 36.5 Å². The van der Waals surface area contributed by atoms with Crippen molar-refractivity contribution in [3.63, 3.8) is 0 Å². The Balaban J connectivity index is 3.94. The molecule has 1 heteroatoms. The summed E-state index contributed by atoms with van der Waals surface area (Å²) in [4.78, 5) is 0. The Morgan fingerprint density at radius 1 is 1.67 bits per heavy atom. The van der Waals surface area contributed by atoms with Crippen molar-refractivity contribution in [3.05, 3.63) is 36.5 Å². The molecule has 0 unspecified atom stereocenters. The quantitative estimate of drug-likeness (QED) is 0.452. The lowest BCUT2D eigenvalue weighted by atomic mass is 10.2. The van der Waals surface area contributed by atoms with Crippen LogP contribution < -0.4 is 0 Å². The van der Waals surface area contributed by atoms with Crippen LogP contribution in [-0.4, -0.2) is 5.75 Å². The summed E-state index contributed by atoms with van der Waals surface area (Å²) in [7, 11) is 0. The van der Waals surface area contributed by atoms with Gasteiger partial charge in [-0.15, -0.1) is 0 Å². The molecule has 0 radical (unpaired) electrons. The van der Waals surface area contributed by atoms with Crippen molar-refractivity contribution in [1.82, 2.24) is 0 Å². The Kier molecular flexibility index (Phi) is 4.24. The molecule has 0 spiro atoms. The molecular weight excluding hydrogens is 128 g/mol. The van der Waals surface area contributed by atoms with Gasteiger partial charge in [-0.2, -0.15) is 12.6 Å². The summed E-state index contributed by atoms with van der Waals surface area (Å²) in [6.07, 6.45) is 3.77. The lowest BCUT2D eigenvalue weighted by Gasteiger charge is -1.92. The van der Waals surface area contributed by atoms with E-state index in [0.717, 1.165) is 11.1 Å². The van der Waals surface area contributed by atoms with Crippen LogP contribution in [0.2, 0.25) is 0 Å². The van der Waals surface area contributed by atoms with Gasteiger partial charge in [-0.05, 0) is 12.5 Å². The van der Waals surface area contributed by atoms with Crippen molar-refractivity contribution < 1.29 is 0 Å². The molecule has 9 heavy (non-hydrogen) atoms. The van der Waals surface area contributed by atoms with E-state index in [9.17, 15) is 0 Å². The van der Waals surface area contributed by atoms with Gasteiger partial charge in [0.1, 0.15) is 0 Å². The summed E-state index contributed by atoms with van der Waals surface area (Å²) in [5, 5.41) is 0. The summed E-state index contributed by atoms with van der Waals surface area (Å²) >= 11 is 4.05. The number of hydrogen-bond acceptors (Lipinski definition) is 1. The molecule has 0 N–H and O–H groups in total. The van der Waals surface area contributed by atoms with Crippen molar-refractivity contribution in [1.29, 1.82) is 0 Å². The van der Waals surface area contributed by atoms with Crippen LogP contribution in [0.1, 0.15) is 6.92 Å². The van der Waals surface area contributed by atoms with Gasteiger partial charge >= 0.3 is 0 Å². The van der Waals surface area contributed by atoms with Crippen molar-refractivity contribution in [2.45, 2.75) is 6.92 Å². The van der Waals surface area contributed by atoms with Gasteiger partial charge in [-0.1, -0.05) is 30.9 Å². The average Bonchev–Trinajstić information content (AvgIpc) is 1.87. The molecule has 0 bridgehead atoms. The van der Waals surface area contributed by atoms with E-state index in [2.05, 4.69) is 25.8 Å². The Hall–Kier alpha value is -0.430. The first-order chi connectivity index (χ1) is 4.20. The zero-order chi connectivity index (χ0) is 7.28. The molecule has 0 aliphatic carbocycles. The van der Waals surface area contributed by atoms with E-state index < -0.39 is 0 Å². The van der Waals surface area contributed by atoms with Gasteiger partial charge in [0.2, 0.25) is 0 Å². The van der Waals surface area contributed by atoms with E-state index >= 15 is 0 Å². The zero-order valence-corrected chi connectivity index (χ0v) is 6.62. The van der Waals surface area contributed by atoms with Crippen molar-refractivity contribution in [2.24, 2.45) is 0 Å². The van der Waals surface area contributed by atoms with E-state index in [4.69, 9.17) is 0 Å². The molecule has 0 atom stereocenters. The fourth-order valence-corrected chi connectivity index (χ4v) is 0.518. The highest BCUT2D eigenvalue weighted by Gasteiger charge is 1.83. The summed E-state index contributed by atoms with van der Waals surface area (Å²) in [5.74, 6) is 0.713. The summed E-state index contributed by atoms with van der Waals surface area (Å²) in [6, 6.07) is 0. The third-order valence-corrected chi connectivity index (χ3v) is 1.36. The first-order valence-corrected chi connectivity index (χ1v) is 3.43. The molecule has 0 nitrogen and oxygen atoms in total. The normalized spacial score (nSPS) is 11.1. The number of allylic oxidation sites excluding steroid dienone is 3.